The minimum atomic E-state index is 0.118. The molecule has 2 N–H and O–H groups in total. The molecule has 0 radical (unpaired) electrons. The standard InChI is InChI=1S/C13H20ClNO/c1-3-4-8-16-13-11(9-10(2)15)6-5-7-12(13)14/h5-7,10H,3-4,8-9,15H2,1-2H3. The van der Waals surface area contributed by atoms with Gasteiger partial charge in [0.05, 0.1) is 11.6 Å². The molecule has 0 aliphatic rings. The predicted molar refractivity (Wildman–Crippen MR) is 69.2 cm³/mol. The second kappa shape index (κ2) is 6.77. The van der Waals surface area contributed by atoms with E-state index in [0.717, 1.165) is 30.6 Å². The Morgan fingerprint density at radius 2 is 2.19 bits per heavy atom. The van der Waals surface area contributed by atoms with Crippen molar-refractivity contribution in [1.29, 1.82) is 0 Å². The SMILES string of the molecule is CCCCOc1c(Cl)cccc1CC(C)N. The lowest BCUT2D eigenvalue weighted by Gasteiger charge is -2.14. The Kier molecular flexibility index (Phi) is 5.64. The number of nitrogens with two attached hydrogens (primary N) is 1. The molecule has 0 fully saturated rings. The highest BCUT2D eigenvalue weighted by atomic mass is 35.5. The first kappa shape index (κ1) is 13.3. The summed E-state index contributed by atoms with van der Waals surface area (Å²) in [4.78, 5) is 0. The van der Waals surface area contributed by atoms with E-state index < -0.39 is 0 Å². The van der Waals surface area contributed by atoms with Gasteiger partial charge in [0.2, 0.25) is 0 Å². The number of hydrogen-bond donors (Lipinski definition) is 1. The van der Waals surface area contributed by atoms with E-state index in [1.165, 1.54) is 0 Å². The largest absolute Gasteiger partial charge is 0.492 e. The second-order valence-corrected chi connectivity index (χ2v) is 4.52. The maximum Gasteiger partial charge on any atom is 0.141 e. The molecule has 0 heterocycles. The average molecular weight is 242 g/mol. The quantitative estimate of drug-likeness (QED) is 0.775. The zero-order valence-corrected chi connectivity index (χ0v) is 10.8. The Balaban J connectivity index is 2.77. The second-order valence-electron chi connectivity index (χ2n) is 4.11. The van der Waals surface area contributed by atoms with Crippen LogP contribution in [0.5, 0.6) is 5.75 Å². The van der Waals surface area contributed by atoms with Crippen molar-refractivity contribution >= 4 is 11.6 Å². The van der Waals surface area contributed by atoms with Crippen molar-refractivity contribution in [3.63, 3.8) is 0 Å². The third kappa shape index (κ3) is 4.03. The van der Waals surface area contributed by atoms with Crippen molar-refractivity contribution in [2.75, 3.05) is 6.61 Å². The highest BCUT2D eigenvalue weighted by Crippen LogP contribution is 2.29. The smallest absolute Gasteiger partial charge is 0.141 e. The van der Waals surface area contributed by atoms with E-state index in [9.17, 15) is 0 Å². The van der Waals surface area contributed by atoms with E-state index in [-0.39, 0.29) is 6.04 Å². The molecule has 0 aromatic heterocycles. The van der Waals surface area contributed by atoms with Crippen molar-refractivity contribution in [3.8, 4) is 5.75 Å². The summed E-state index contributed by atoms with van der Waals surface area (Å²) in [6.07, 6.45) is 2.96. The number of hydrogen-bond acceptors (Lipinski definition) is 2. The number of halogens is 1. The van der Waals surface area contributed by atoms with Gasteiger partial charge < -0.3 is 10.5 Å². The minimum Gasteiger partial charge on any atom is -0.492 e. The lowest BCUT2D eigenvalue weighted by molar-refractivity contribution is 0.306. The average Bonchev–Trinajstić information content (AvgIpc) is 2.21. The van der Waals surface area contributed by atoms with Gasteiger partial charge in [-0.05, 0) is 31.4 Å². The summed E-state index contributed by atoms with van der Waals surface area (Å²) in [5.74, 6) is 0.801. The van der Waals surface area contributed by atoms with Gasteiger partial charge in [-0.15, -0.1) is 0 Å². The third-order valence-electron chi connectivity index (χ3n) is 2.33. The van der Waals surface area contributed by atoms with Gasteiger partial charge in [-0.2, -0.15) is 0 Å². The molecule has 0 aliphatic heterocycles. The summed E-state index contributed by atoms with van der Waals surface area (Å²) in [6, 6.07) is 5.93. The lowest BCUT2D eigenvalue weighted by atomic mass is 10.1. The highest BCUT2D eigenvalue weighted by molar-refractivity contribution is 6.32. The molecule has 1 unspecified atom stereocenters. The number of para-hydroxylation sites is 1. The number of unbranched alkanes of at least 4 members (excludes halogenated alkanes) is 1. The van der Waals surface area contributed by atoms with Crippen molar-refractivity contribution in [2.24, 2.45) is 5.73 Å². The summed E-state index contributed by atoms with van der Waals surface area (Å²) in [5.41, 5.74) is 6.90. The van der Waals surface area contributed by atoms with Crippen LogP contribution in [0.25, 0.3) is 0 Å². The van der Waals surface area contributed by atoms with Crippen LogP contribution in [-0.2, 0) is 6.42 Å². The van der Waals surface area contributed by atoms with Crippen LogP contribution in [0.4, 0.5) is 0 Å². The van der Waals surface area contributed by atoms with Gasteiger partial charge in [-0.25, -0.2) is 0 Å². The summed E-state index contributed by atoms with van der Waals surface area (Å²) in [5, 5.41) is 0.675. The zero-order valence-electron chi connectivity index (χ0n) is 10.0. The third-order valence-corrected chi connectivity index (χ3v) is 2.63. The van der Waals surface area contributed by atoms with E-state index in [4.69, 9.17) is 22.1 Å². The van der Waals surface area contributed by atoms with Crippen LogP contribution in [-0.4, -0.2) is 12.6 Å². The molecular formula is C13H20ClNO. The first-order chi connectivity index (χ1) is 7.65. The Bertz CT molecular complexity index is 326. The Hall–Kier alpha value is -0.730. The van der Waals surface area contributed by atoms with Crippen molar-refractivity contribution in [1.82, 2.24) is 0 Å². The van der Waals surface area contributed by atoms with Crippen LogP contribution < -0.4 is 10.5 Å². The zero-order chi connectivity index (χ0) is 12.0. The summed E-state index contributed by atoms with van der Waals surface area (Å²) in [6.45, 7) is 4.84. The molecular weight excluding hydrogens is 222 g/mol. The molecule has 0 aliphatic carbocycles. The summed E-state index contributed by atoms with van der Waals surface area (Å²) in [7, 11) is 0. The van der Waals surface area contributed by atoms with Crippen LogP contribution >= 0.6 is 11.6 Å². The number of benzene rings is 1. The van der Waals surface area contributed by atoms with E-state index in [2.05, 4.69) is 6.92 Å². The van der Waals surface area contributed by atoms with E-state index in [1.54, 1.807) is 0 Å². The summed E-state index contributed by atoms with van der Waals surface area (Å²) >= 11 is 6.13. The Morgan fingerprint density at radius 1 is 1.44 bits per heavy atom. The van der Waals surface area contributed by atoms with E-state index in [1.807, 2.05) is 25.1 Å². The van der Waals surface area contributed by atoms with Gasteiger partial charge in [-0.1, -0.05) is 37.1 Å². The van der Waals surface area contributed by atoms with Gasteiger partial charge in [0.15, 0.2) is 0 Å². The maximum absolute atomic E-state index is 6.13. The van der Waals surface area contributed by atoms with Crippen LogP contribution in [0.15, 0.2) is 18.2 Å². The van der Waals surface area contributed by atoms with Crippen LogP contribution in [0.3, 0.4) is 0 Å². The molecule has 1 atom stereocenters. The summed E-state index contributed by atoms with van der Waals surface area (Å²) < 4.78 is 5.72. The normalized spacial score (nSPS) is 12.5. The number of rotatable bonds is 6. The van der Waals surface area contributed by atoms with Gasteiger partial charge in [0.1, 0.15) is 5.75 Å². The molecule has 0 bridgehead atoms. The van der Waals surface area contributed by atoms with E-state index >= 15 is 0 Å². The first-order valence-electron chi connectivity index (χ1n) is 5.81. The lowest BCUT2D eigenvalue weighted by Crippen LogP contribution is -2.18. The molecule has 1 rings (SSSR count). The molecule has 0 spiro atoms. The monoisotopic (exact) mass is 241 g/mol. The highest BCUT2D eigenvalue weighted by Gasteiger charge is 2.09. The fourth-order valence-corrected chi connectivity index (χ4v) is 1.79. The van der Waals surface area contributed by atoms with Crippen LogP contribution in [0.2, 0.25) is 5.02 Å². The molecule has 3 heteroatoms. The molecule has 0 saturated heterocycles. The van der Waals surface area contributed by atoms with Crippen molar-refractivity contribution in [2.45, 2.75) is 39.2 Å². The fraction of sp³-hybridized carbons (Fsp3) is 0.538. The maximum atomic E-state index is 6.13. The Labute approximate surface area is 103 Å². The fourth-order valence-electron chi connectivity index (χ4n) is 1.54. The molecule has 0 saturated carbocycles. The van der Waals surface area contributed by atoms with Gasteiger partial charge >= 0.3 is 0 Å². The van der Waals surface area contributed by atoms with Crippen molar-refractivity contribution in [3.05, 3.63) is 28.8 Å². The molecule has 1 aromatic rings. The van der Waals surface area contributed by atoms with Crippen LogP contribution in [0.1, 0.15) is 32.3 Å². The molecule has 16 heavy (non-hydrogen) atoms. The minimum absolute atomic E-state index is 0.118. The topological polar surface area (TPSA) is 35.2 Å². The molecule has 0 amide bonds. The van der Waals surface area contributed by atoms with Gasteiger partial charge in [0.25, 0.3) is 0 Å². The molecule has 1 aromatic carbocycles. The Morgan fingerprint density at radius 3 is 2.81 bits per heavy atom. The molecule has 2 nitrogen and oxygen atoms in total. The predicted octanol–water partition coefficient (Wildman–Crippen LogP) is 3.41. The van der Waals surface area contributed by atoms with Crippen molar-refractivity contribution < 1.29 is 4.74 Å². The van der Waals surface area contributed by atoms with E-state index in [0.29, 0.717) is 11.6 Å². The van der Waals surface area contributed by atoms with Crippen LogP contribution in [0, 0.1) is 0 Å². The van der Waals surface area contributed by atoms with Gasteiger partial charge in [-0.3, -0.25) is 0 Å². The van der Waals surface area contributed by atoms with Gasteiger partial charge in [0, 0.05) is 6.04 Å². The first-order valence-corrected chi connectivity index (χ1v) is 6.18. The molecule has 90 valence electrons. The number of ether oxygens (including phenoxy) is 1.